The second kappa shape index (κ2) is 9.80. The van der Waals surface area contributed by atoms with Crippen LogP contribution in [-0.4, -0.2) is 0 Å². The summed E-state index contributed by atoms with van der Waals surface area (Å²) in [4.78, 5) is 0. The molecule has 0 unspecified atom stereocenters. The maximum atomic E-state index is 2.49. The summed E-state index contributed by atoms with van der Waals surface area (Å²) in [6.45, 7) is 7.10. The Labute approximate surface area is 290 Å². The van der Waals surface area contributed by atoms with Crippen LogP contribution in [0, 0.1) is 0 Å². The Morgan fingerprint density at radius 2 is 0.760 bits per heavy atom. The summed E-state index contributed by atoms with van der Waals surface area (Å²) in [5, 5.41) is 21.2. The summed E-state index contributed by atoms with van der Waals surface area (Å²) >= 11 is 0. The second-order valence-corrected chi connectivity index (χ2v) is 15.2. The first-order valence-electron chi connectivity index (χ1n) is 17.8. The molecule has 0 aliphatic heterocycles. The van der Waals surface area contributed by atoms with Gasteiger partial charge in [-0.05, 0) is 125 Å². The quantitative estimate of drug-likeness (QED) is 0.131. The highest BCUT2D eigenvalue weighted by molar-refractivity contribution is 6.29. The van der Waals surface area contributed by atoms with Crippen molar-refractivity contribution >= 4 is 86.2 Å². The zero-order valence-corrected chi connectivity index (χ0v) is 28.4. The summed E-state index contributed by atoms with van der Waals surface area (Å²) in [6.07, 6.45) is 0. The highest BCUT2D eigenvalue weighted by Crippen LogP contribution is 2.48. The van der Waals surface area contributed by atoms with Crippen molar-refractivity contribution < 1.29 is 0 Å². The van der Waals surface area contributed by atoms with Crippen LogP contribution < -0.4 is 0 Å². The van der Waals surface area contributed by atoms with E-state index in [0.717, 1.165) is 0 Å². The normalized spacial score (nSPS) is 12.7. The molecule has 0 heteroatoms. The van der Waals surface area contributed by atoms with Crippen LogP contribution in [0.3, 0.4) is 0 Å². The SMILES string of the molecule is CC(C)(C)c1c2ccccc2c(-c2ccc3ccc4cccc5ccc2c3c45)c2ccc(-c3ccc4ccc5cccc6ccc3c4c56)cc12. The highest BCUT2D eigenvalue weighted by atomic mass is 14.3. The maximum Gasteiger partial charge on any atom is -0.00204 e. The molecule has 0 fully saturated rings. The van der Waals surface area contributed by atoms with Crippen molar-refractivity contribution in [2.24, 2.45) is 0 Å². The lowest BCUT2D eigenvalue weighted by Gasteiger charge is -2.27. The Balaban J connectivity index is 1.27. The highest BCUT2D eigenvalue weighted by Gasteiger charge is 2.25. The van der Waals surface area contributed by atoms with Crippen molar-refractivity contribution in [2.45, 2.75) is 26.2 Å². The number of hydrogen-bond donors (Lipinski definition) is 0. The molecular weight excluding hydrogens is 601 g/mol. The molecule has 0 radical (unpaired) electrons. The lowest BCUT2D eigenvalue weighted by atomic mass is 9.76. The van der Waals surface area contributed by atoms with E-state index in [-0.39, 0.29) is 5.41 Å². The zero-order valence-electron chi connectivity index (χ0n) is 28.4. The van der Waals surface area contributed by atoms with E-state index in [1.54, 1.807) is 0 Å². The van der Waals surface area contributed by atoms with Crippen molar-refractivity contribution in [3.05, 3.63) is 157 Å². The molecule has 0 saturated carbocycles. The van der Waals surface area contributed by atoms with Crippen molar-refractivity contribution in [3.63, 3.8) is 0 Å². The number of fused-ring (bicyclic) bond motifs is 2. The average Bonchev–Trinajstić information content (AvgIpc) is 3.14. The molecule has 11 aromatic rings. The average molecular weight is 635 g/mol. The van der Waals surface area contributed by atoms with Crippen molar-refractivity contribution in [3.8, 4) is 22.3 Å². The van der Waals surface area contributed by atoms with Crippen LogP contribution in [0.25, 0.3) is 108 Å². The molecule has 234 valence electrons. The monoisotopic (exact) mass is 634 g/mol. The Morgan fingerprint density at radius 1 is 0.320 bits per heavy atom. The minimum absolute atomic E-state index is 0.0691. The molecule has 0 aliphatic carbocycles. The first kappa shape index (κ1) is 27.9. The standard InChI is InChI=1S/C50H34/c1-50(2,3)49-42-13-5-4-12-37(42)48(40-26-21-34-17-15-30-9-7-11-32-20-25-39(40)47(34)45(30)32)41-27-22-35(28-43(41)49)36-23-18-33-16-14-29-8-6-10-31-19-24-38(36)46(33)44(29)31/h4-28H,1-3H3. The summed E-state index contributed by atoms with van der Waals surface area (Å²) in [7, 11) is 0. The van der Waals surface area contributed by atoms with Crippen LogP contribution >= 0.6 is 0 Å². The first-order valence-corrected chi connectivity index (χ1v) is 17.8. The van der Waals surface area contributed by atoms with Crippen molar-refractivity contribution in [2.75, 3.05) is 0 Å². The van der Waals surface area contributed by atoms with Gasteiger partial charge in [0.05, 0.1) is 0 Å². The fraction of sp³-hybridized carbons (Fsp3) is 0.0800. The van der Waals surface area contributed by atoms with E-state index in [1.807, 2.05) is 0 Å². The van der Waals surface area contributed by atoms with Crippen LogP contribution in [0.15, 0.2) is 152 Å². The topological polar surface area (TPSA) is 0 Å². The minimum atomic E-state index is -0.0691. The molecule has 11 rings (SSSR count). The van der Waals surface area contributed by atoms with E-state index in [1.165, 1.54) is 114 Å². The van der Waals surface area contributed by atoms with Gasteiger partial charge in [0.15, 0.2) is 0 Å². The Morgan fingerprint density at radius 3 is 1.34 bits per heavy atom. The predicted molar refractivity (Wildman–Crippen MR) is 218 cm³/mol. The van der Waals surface area contributed by atoms with Gasteiger partial charge in [0.2, 0.25) is 0 Å². The number of hydrogen-bond acceptors (Lipinski definition) is 0. The van der Waals surface area contributed by atoms with E-state index in [4.69, 9.17) is 0 Å². The fourth-order valence-corrected chi connectivity index (χ4v) is 9.38. The van der Waals surface area contributed by atoms with Gasteiger partial charge in [-0.15, -0.1) is 0 Å². The van der Waals surface area contributed by atoms with Crippen LogP contribution in [-0.2, 0) is 5.41 Å². The first-order chi connectivity index (χ1) is 24.4. The van der Waals surface area contributed by atoms with Crippen LogP contribution in [0.4, 0.5) is 0 Å². The van der Waals surface area contributed by atoms with Crippen molar-refractivity contribution in [1.29, 1.82) is 0 Å². The predicted octanol–water partition coefficient (Wildman–Crippen LogP) is 14.4. The summed E-state index contributed by atoms with van der Waals surface area (Å²) in [5.74, 6) is 0. The molecule has 0 nitrogen and oxygen atoms in total. The molecule has 0 saturated heterocycles. The molecule has 0 aliphatic rings. The Hall–Kier alpha value is -5.98. The number of rotatable bonds is 2. The van der Waals surface area contributed by atoms with Gasteiger partial charge in [0, 0.05) is 0 Å². The molecular formula is C50H34. The minimum Gasteiger partial charge on any atom is -0.0616 e. The Kier molecular flexibility index (Phi) is 5.47. The van der Waals surface area contributed by atoms with E-state index in [2.05, 4.69) is 172 Å². The van der Waals surface area contributed by atoms with Crippen LogP contribution in [0.5, 0.6) is 0 Å². The fourth-order valence-electron chi connectivity index (χ4n) is 9.38. The van der Waals surface area contributed by atoms with E-state index >= 15 is 0 Å². The van der Waals surface area contributed by atoms with Gasteiger partial charge in [0.1, 0.15) is 0 Å². The molecule has 0 bridgehead atoms. The second-order valence-electron chi connectivity index (χ2n) is 15.2. The summed E-state index contributed by atoms with van der Waals surface area (Å²) in [6, 6.07) is 57.5. The molecule has 0 aromatic heterocycles. The van der Waals surface area contributed by atoms with Crippen LogP contribution in [0.1, 0.15) is 26.3 Å². The molecule has 0 N–H and O–H groups in total. The largest absolute Gasteiger partial charge is 0.0616 e. The van der Waals surface area contributed by atoms with Gasteiger partial charge >= 0.3 is 0 Å². The zero-order chi connectivity index (χ0) is 33.3. The van der Waals surface area contributed by atoms with Gasteiger partial charge < -0.3 is 0 Å². The maximum absolute atomic E-state index is 2.49. The van der Waals surface area contributed by atoms with Crippen LogP contribution in [0.2, 0.25) is 0 Å². The van der Waals surface area contributed by atoms with Crippen molar-refractivity contribution in [1.82, 2.24) is 0 Å². The third kappa shape index (κ3) is 3.71. The third-order valence-corrected chi connectivity index (χ3v) is 11.4. The number of benzene rings is 11. The van der Waals surface area contributed by atoms with E-state index in [0.29, 0.717) is 0 Å². The third-order valence-electron chi connectivity index (χ3n) is 11.4. The van der Waals surface area contributed by atoms with E-state index in [9.17, 15) is 0 Å². The Bertz CT molecular complexity index is 3140. The van der Waals surface area contributed by atoms with Gasteiger partial charge in [-0.25, -0.2) is 0 Å². The molecule has 0 amide bonds. The van der Waals surface area contributed by atoms with Gasteiger partial charge in [-0.3, -0.25) is 0 Å². The van der Waals surface area contributed by atoms with Gasteiger partial charge in [-0.2, -0.15) is 0 Å². The summed E-state index contributed by atoms with van der Waals surface area (Å²) in [5.41, 5.74) is 6.51. The molecule has 50 heavy (non-hydrogen) atoms. The lowest BCUT2D eigenvalue weighted by Crippen LogP contribution is -2.13. The molecule has 0 atom stereocenters. The molecule has 0 heterocycles. The lowest BCUT2D eigenvalue weighted by molar-refractivity contribution is 0.601. The van der Waals surface area contributed by atoms with Gasteiger partial charge in [0.25, 0.3) is 0 Å². The summed E-state index contributed by atoms with van der Waals surface area (Å²) < 4.78 is 0. The van der Waals surface area contributed by atoms with E-state index < -0.39 is 0 Å². The molecule has 11 aromatic carbocycles. The molecule has 0 spiro atoms. The smallest absolute Gasteiger partial charge is 0.00204 e. The van der Waals surface area contributed by atoms with Gasteiger partial charge in [-0.1, -0.05) is 166 Å².